The van der Waals surface area contributed by atoms with E-state index in [9.17, 15) is 0 Å². The molecule has 1 N–H and O–H groups in total. The molecule has 0 unspecified atom stereocenters. The molecule has 0 saturated heterocycles. The van der Waals surface area contributed by atoms with Crippen LogP contribution in [-0.2, 0) is 0 Å². The van der Waals surface area contributed by atoms with Gasteiger partial charge in [-0.05, 0) is 0 Å². The first kappa shape index (κ1) is 17.9. The van der Waals surface area contributed by atoms with Gasteiger partial charge < -0.3 is 0 Å². The summed E-state index contributed by atoms with van der Waals surface area (Å²) in [7, 11) is 0. The molecule has 0 saturated carbocycles. The summed E-state index contributed by atoms with van der Waals surface area (Å²) in [5.41, 5.74) is 0. The van der Waals surface area contributed by atoms with Gasteiger partial charge in [-0.2, -0.15) is 0 Å². The van der Waals surface area contributed by atoms with Gasteiger partial charge in [0.05, 0.1) is 0 Å². The van der Waals surface area contributed by atoms with E-state index >= 15 is 0 Å². The summed E-state index contributed by atoms with van der Waals surface area (Å²) in [5.74, 6) is 0. The van der Waals surface area contributed by atoms with Crippen LogP contribution in [0.1, 0.15) is 0 Å². The van der Waals surface area contributed by atoms with Crippen LogP contribution in [0.15, 0.2) is 0 Å². The Labute approximate surface area is 57.9 Å². The number of rotatable bonds is 0. The molecule has 0 amide bonds. The summed E-state index contributed by atoms with van der Waals surface area (Å²) in [4.78, 5) is 0. The summed E-state index contributed by atoms with van der Waals surface area (Å²) in [5, 5.41) is 5.50. The SMILES string of the molecule is OF.[LiH].[NaH]. The van der Waals surface area contributed by atoms with E-state index in [0.29, 0.717) is 0 Å². The second kappa shape index (κ2) is 24.7. The zero-order valence-corrected chi connectivity index (χ0v) is 0.825. The molecule has 0 bridgehead atoms. The molecule has 0 aliphatic rings. The second-order valence-electron chi connectivity index (χ2n) is 0. The van der Waals surface area contributed by atoms with Crippen LogP contribution in [0, 0.1) is 0 Å². The van der Waals surface area contributed by atoms with E-state index in [1.54, 1.807) is 0 Å². The Morgan fingerprint density at radius 1 is 1.25 bits per heavy atom. The Morgan fingerprint density at radius 2 is 1.25 bits per heavy atom. The number of halogens is 1. The first-order valence-electron chi connectivity index (χ1n) is 0.169. The van der Waals surface area contributed by atoms with Crippen LogP contribution in [0.4, 0.5) is 4.53 Å². The molecule has 0 aliphatic heterocycles. The molecule has 18 valence electrons. The molecule has 0 spiro atoms. The van der Waals surface area contributed by atoms with Gasteiger partial charge in [0.25, 0.3) is 0 Å². The van der Waals surface area contributed by atoms with E-state index in [1.807, 2.05) is 0 Å². The van der Waals surface area contributed by atoms with Crippen molar-refractivity contribution in [2.24, 2.45) is 0 Å². The monoisotopic (exact) mass is 68.0 g/mol. The average Bonchev–Trinajstić information content (AvgIpc) is 1.00. The average molecular weight is 68.0 g/mol. The molecular formula is H3FLiNaO. The van der Waals surface area contributed by atoms with Gasteiger partial charge >= 0.3 is 48.4 Å². The topological polar surface area (TPSA) is 20.2 Å². The molecule has 0 atom stereocenters. The van der Waals surface area contributed by atoms with Gasteiger partial charge in [-0.25, -0.2) is 5.31 Å². The third-order valence-corrected chi connectivity index (χ3v) is 0. The fraction of sp³-hybridized carbons (Fsp3) is 0. The van der Waals surface area contributed by atoms with Crippen LogP contribution < -0.4 is 0 Å². The molecule has 4 heteroatoms. The zero-order valence-electron chi connectivity index (χ0n) is 0.825. The molecular weight excluding hydrogens is 64.9 g/mol. The predicted molar refractivity (Wildman–Crippen MR) is 17.6 cm³/mol. The van der Waals surface area contributed by atoms with E-state index in [1.165, 1.54) is 0 Å². The van der Waals surface area contributed by atoms with Gasteiger partial charge in [0.2, 0.25) is 0 Å². The summed E-state index contributed by atoms with van der Waals surface area (Å²) < 4.78 is 8.50. The van der Waals surface area contributed by atoms with Crippen molar-refractivity contribution in [1.82, 2.24) is 0 Å². The second-order valence-corrected chi connectivity index (χ2v) is 0. The molecule has 0 aliphatic carbocycles. The van der Waals surface area contributed by atoms with Crippen LogP contribution >= 0.6 is 0 Å². The maximum absolute atomic E-state index is 8.50. The summed E-state index contributed by atoms with van der Waals surface area (Å²) >= 11 is 0. The third-order valence-electron chi connectivity index (χ3n) is 0. The minimum absolute atomic E-state index is 0. The van der Waals surface area contributed by atoms with Crippen LogP contribution in [0.2, 0.25) is 0 Å². The van der Waals surface area contributed by atoms with Crippen molar-refractivity contribution in [2.45, 2.75) is 0 Å². The Morgan fingerprint density at radius 3 is 1.25 bits per heavy atom. The van der Waals surface area contributed by atoms with E-state index in [0.717, 1.165) is 0 Å². The molecule has 0 radical (unpaired) electrons. The first-order valence-corrected chi connectivity index (χ1v) is 0.169. The van der Waals surface area contributed by atoms with Gasteiger partial charge in [-0.3, -0.25) is 0 Å². The Bertz CT molecular complexity index is 8.00. The minimum atomic E-state index is 0. The van der Waals surface area contributed by atoms with E-state index in [2.05, 4.69) is 0 Å². The van der Waals surface area contributed by atoms with Gasteiger partial charge in [-0.1, -0.05) is 4.53 Å². The molecule has 0 aromatic heterocycles. The normalized spacial score (nSPS) is 1.50. The molecule has 0 aromatic carbocycles. The van der Waals surface area contributed by atoms with Crippen molar-refractivity contribution in [1.29, 1.82) is 0 Å². The summed E-state index contributed by atoms with van der Waals surface area (Å²) in [6, 6.07) is 0. The molecule has 0 fully saturated rings. The van der Waals surface area contributed by atoms with Crippen molar-refractivity contribution in [3.63, 3.8) is 0 Å². The predicted octanol–water partition coefficient (Wildman–Crippen LogP) is -1.43. The summed E-state index contributed by atoms with van der Waals surface area (Å²) in [6.07, 6.45) is 0. The van der Waals surface area contributed by atoms with Gasteiger partial charge in [0.1, 0.15) is 0 Å². The van der Waals surface area contributed by atoms with Crippen molar-refractivity contribution < 1.29 is 9.84 Å². The fourth-order valence-corrected chi connectivity index (χ4v) is 0. The Hall–Kier alpha value is 1.49. The third kappa shape index (κ3) is 9.75. The van der Waals surface area contributed by atoms with Crippen LogP contribution in [0.3, 0.4) is 0 Å². The van der Waals surface area contributed by atoms with E-state index < -0.39 is 0 Å². The van der Waals surface area contributed by atoms with E-state index in [-0.39, 0.29) is 48.4 Å². The Balaban J connectivity index is -0.00000000500. The number of hydrogen-bond acceptors (Lipinski definition) is 1. The first-order chi connectivity index (χ1) is 1.00. The molecule has 0 rings (SSSR count). The van der Waals surface area contributed by atoms with Gasteiger partial charge in [-0.15, -0.1) is 0 Å². The number of hydrogen-bond donors (Lipinski definition) is 1. The van der Waals surface area contributed by atoms with Gasteiger partial charge in [0, 0.05) is 0 Å². The van der Waals surface area contributed by atoms with Crippen molar-refractivity contribution in [2.75, 3.05) is 0 Å². The molecule has 0 heterocycles. The standard InChI is InChI=1S/FHO.Li.Na.2H/c1-2;;;;/h2H;;;;. The van der Waals surface area contributed by atoms with Crippen LogP contribution in [0.25, 0.3) is 0 Å². The van der Waals surface area contributed by atoms with E-state index in [4.69, 9.17) is 9.84 Å². The van der Waals surface area contributed by atoms with Crippen molar-refractivity contribution in [3.05, 3.63) is 0 Å². The molecule has 1 nitrogen and oxygen atoms in total. The molecule has 0 aromatic rings. The molecule has 4 heavy (non-hydrogen) atoms. The van der Waals surface area contributed by atoms with Crippen LogP contribution in [0.5, 0.6) is 0 Å². The Kier molecular flexibility index (Phi) is 110. The zero-order chi connectivity index (χ0) is 2.00. The van der Waals surface area contributed by atoms with Crippen molar-refractivity contribution >= 4 is 48.4 Å². The van der Waals surface area contributed by atoms with Crippen LogP contribution in [-0.4, -0.2) is 53.7 Å². The summed E-state index contributed by atoms with van der Waals surface area (Å²) in [6.45, 7) is 0. The van der Waals surface area contributed by atoms with Crippen molar-refractivity contribution in [3.8, 4) is 0 Å². The van der Waals surface area contributed by atoms with Gasteiger partial charge in [0.15, 0.2) is 0 Å². The maximum atomic E-state index is 8.50. The fourth-order valence-electron chi connectivity index (χ4n) is 0. The quantitative estimate of drug-likeness (QED) is 0.345.